The standard InChI is InChI=1S/C16H28N4O/c1-6-17-13-11(2)14(18-10-12-8-7-9-21-12)20-15(19-13)16(3,4)5/h12H,6-10H2,1-5H3,(H2,17,18,19,20). The average Bonchev–Trinajstić information content (AvgIpc) is 2.91. The Morgan fingerprint density at radius 1 is 1.19 bits per heavy atom. The second-order valence-corrected chi connectivity index (χ2v) is 6.67. The maximum absolute atomic E-state index is 5.67. The van der Waals surface area contributed by atoms with Gasteiger partial charge < -0.3 is 15.4 Å². The molecule has 2 rings (SSSR count). The topological polar surface area (TPSA) is 59.1 Å². The third-order valence-corrected chi connectivity index (χ3v) is 3.68. The molecule has 0 amide bonds. The van der Waals surface area contributed by atoms with Gasteiger partial charge >= 0.3 is 0 Å². The van der Waals surface area contributed by atoms with E-state index in [-0.39, 0.29) is 5.41 Å². The molecule has 1 aliphatic rings. The van der Waals surface area contributed by atoms with E-state index in [2.05, 4.69) is 50.2 Å². The number of hydrogen-bond acceptors (Lipinski definition) is 5. The lowest BCUT2D eigenvalue weighted by Gasteiger charge is -2.22. The zero-order chi connectivity index (χ0) is 15.5. The largest absolute Gasteiger partial charge is 0.376 e. The molecule has 1 atom stereocenters. The molecule has 5 heteroatoms. The fourth-order valence-electron chi connectivity index (χ4n) is 2.38. The van der Waals surface area contributed by atoms with E-state index >= 15 is 0 Å². The molecule has 1 unspecified atom stereocenters. The zero-order valence-corrected chi connectivity index (χ0v) is 13.9. The van der Waals surface area contributed by atoms with Gasteiger partial charge in [0.2, 0.25) is 0 Å². The van der Waals surface area contributed by atoms with Crippen molar-refractivity contribution >= 4 is 11.6 Å². The van der Waals surface area contributed by atoms with Gasteiger partial charge in [-0.2, -0.15) is 0 Å². The maximum Gasteiger partial charge on any atom is 0.138 e. The van der Waals surface area contributed by atoms with Crippen molar-refractivity contribution in [3.8, 4) is 0 Å². The van der Waals surface area contributed by atoms with Crippen LogP contribution in [-0.4, -0.2) is 35.8 Å². The van der Waals surface area contributed by atoms with Crippen LogP contribution in [0.2, 0.25) is 0 Å². The van der Waals surface area contributed by atoms with E-state index in [0.717, 1.165) is 55.6 Å². The molecular formula is C16H28N4O. The van der Waals surface area contributed by atoms with Gasteiger partial charge in [0, 0.05) is 30.7 Å². The minimum atomic E-state index is -0.0713. The van der Waals surface area contributed by atoms with Crippen LogP contribution < -0.4 is 10.6 Å². The van der Waals surface area contributed by atoms with Crippen LogP contribution in [0.1, 0.15) is 51.9 Å². The van der Waals surface area contributed by atoms with Crippen molar-refractivity contribution in [3.63, 3.8) is 0 Å². The highest BCUT2D eigenvalue weighted by atomic mass is 16.5. The van der Waals surface area contributed by atoms with Crippen molar-refractivity contribution in [1.82, 2.24) is 9.97 Å². The van der Waals surface area contributed by atoms with Crippen LogP contribution in [-0.2, 0) is 10.2 Å². The SMILES string of the molecule is CCNc1nc(C(C)(C)C)nc(NCC2CCCO2)c1C. The van der Waals surface area contributed by atoms with E-state index in [9.17, 15) is 0 Å². The first kappa shape index (κ1) is 16.0. The number of nitrogens with one attached hydrogen (secondary N) is 2. The number of rotatable bonds is 5. The summed E-state index contributed by atoms with van der Waals surface area (Å²) in [6, 6.07) is 0. The predicted octanol–water partition coefficient (Wildman–Crippen LogP) is 3.11. The Balaban J connectivity index is 2.22. The van der Waals surface area contributed by atoms with Gasteiger partial charge in [-0.25, -0.2) is 9.97 Å². The smallest absolute Gasteiger partial charge is 0.138 e. The molecule has 21 heavy (non-hydrogen) atoms. The number of nitrogens with zero attached hydrogens (tertiary/aromatic N) is 2. The van der Waals surface area contributed by atoms with Gasteiger partial charge in [-0.15, -0.1) is 0 Å². The maximum atomic E-state index is 5.67. The Kier molecular flexibility index (Phi) is 5.04. The normalized spacial score (nSPS) is 18.8. The lowest BCUT2D eigenvalue weighted by molar-refractivity contribution is 0.120. The van der Waals surface area contributed by atoms with Crippen LogP contribution >= 0.6 is 0 Å². The minimum absolute atomic E-state index is 0.0713. The van der Waals surface area contributed by atoms with Crippen molar-refractivity contribution < 1.29 is 4.74 Å². The van der Waals surface area contributed by atoms with Crippen molar-refractivity contribution in [2.24, 2.45) is 0 Å². The quantitative estimate of drug-likeness (QED) is 0.873. The molecule has 1 aliphatic heterocycles. The molecule has 5 nitrogen and oxygen atoms in total. The summed E-state index contributed by atoms with van der Waals surface area (Å²) >= 11 is 0. The third kappa shape index (κ3) is 4.06. The number of hydrogen-bond donors (Lipinski definition) is 2. The summed E-state index contributed by atoms with van der Waals surface area (Å²) in [7, 11) is 0. The summed E-state index contributed by atoms with van der Waals surface area (Å²) in [6.45, 7) is 13.1. The molecule has 1 aromatic rings. The van der Waals surface area contributed by atoms with Gasteiger partial charge in [0.15, 0.2) is 0 Å². The van der Waals surface area contributed by atoms with Crippen molar-refractivity contribution in [2.75, 3.05) is 30.3 Å². The average molecular weight is 292 g/mol. The van der Waals surface area contributed by atoms with Crippen LogP contribution in [0.25, 0.3) is 0 Å². The van der Waals surface area contributed by atoms with Crippen molar-refractivity contribution in [3.05, 3.63) is 11.4 Å². The summed E-state index contributed by atoms with van der Waals surface area (Å²) < 4.78 is 5.67. The molecule has 1 fully saturated rings. The van der Waals surface area contributed by atoms with Crippen molar-refractivity contribution in [2.45, 2.75) is 59.0 Å². The molecule has 2 heterocycles. The van der Waals surface area contributed by atoms with Gasteiger partial charge in [-0.1, -0.05) is 20.8 Å². The Labute approximate surface area is 127 Å². The van der Waals surface area contributed by atoms with Crippen LogP contribution in [0.5, 0.6) is 0 Å². The fraction of sp³-hybridized carbons (Fsp3) is 0.750. The highest BCUT2D eigenvalue weighted by Crippen LogP contribution is 2.26. The molecule has 1 aromatic heterocycles. The summed E-state index contributed by atoms with van der Waals surface area (Å²) in [4.78, 5) is 9.41. The Morgan fingerprint density at radius 3 is 2.38 bits per heavy atom. The number of ether oxygens (including phenoxy) is 1. The van der Waals surface area contributed by atoms with Gasteiger partial charge in [-0.3, -0.25) is 0 Å². The Hall–Kier alpha value is -1.36. The molecule has 0 radical (unpaired) electrons. The van der Waals surface area contributed by atoms with Gasteiger partial charge in [-0.05, 0) is 26.7 Å². The number of anilines is 2. The molecule has 0 aliphatic carbocycles. The fourth-order valence-corrected chi connectivity index (χ4v) is 2.38. The van der Waals surface area contributed by atoms with E-state index in [0.29, 0.717) is 6.10 Å². The lowest BCUT2D eigenvalue weighted by Crippen LogP contribution is -2.23. The van der Waals surface area contributed by atoms with E-state index in [1.807, 2.05) is 0 Å². The molecule has 0 aromatic carbocycles. The molecular weight excluding hydrogens is 264 g/mol. The van der Waals surface area contributed by atoms with E-state index in [1.165, 1.54) is 0 Å². The molecule has 0 saturated carbocycles. The van der Waals surface area contributed by atoms with Crippen LogP contribution in [0.15, 0.2) is 0 Å². The first-order valence-electron chi connectivity index (χ1n) is 7.90. The van der Waals surface area contributed by atoms with E-state index in [1.54, 1.807) is 0 Å². The Bertz CT molecular complexity index is 476. The molecule has 0 spiro atoms. The van der Waals surface area contributed by atoms with Gasteiger partial charge in [0.1, 0.15) is 17.5 Å². The van der Waals surface area contributed by atoms with Gasteiger partial charge in [0.05, 0.1) is 6.10 Å². The molecule has 118 valence electrons. The third-order valence-electron chi connectivity index (χ3n) is 3.68. The second kappa shape index (κ2) is 6.60. The predicted molar refractivity (Wildman–Crippen MR) is 87.1 cm³/mol. The first-order valence-corrected chi connectivity index (χ1v) is 7.90. The van der Waals surface area contributed by atoms with Crippen molar-refractivity contribution in [1.29, 1.82) is 0 Å². The molecule has 1 saturated heterocycles. The van der Waals surface area contributed by atoms with Crippen LogP contribution in [0.3, 0.4) is 0 Å². The van der Waals surface area contributed by atoms with E-state index < -0.39 is 0 Å². The van der Waals surface area contributed by atoms with E-state index in [4.69, 9.17) is 9.72 Å². The zero-order valence-electron chi connectivity index (χ0n) is 13.9. The van der Waals surface area contributed by atoms with Crippen LogP contribution in [0, 0.1) is 6.92 Å². The Morgan fingerprint density at radius 2 is 1.86 bits per heavy atom. The molecule has 2 N–H and O–H groups in total. The second-order valence-electron chi connectivity index (χ2n) is 6.67. The first-order chi connectivity index (χ1) is 9.91. The number of aromatic nitrogens is 2. The summed E-state index contributed by atoms with van der Waals surface area (Å²) in [5, 5.41) is 6.78. The summed E-state index contributed by atoms with van der Waals surface area (Å²) in [5.41, 5.74) is 1.00. The summed E-state index contributed by atoms with van der Waals surface area (Å²) in [6.07, 6.45) is 2.59. The summed E-state index contributed by atoms with van der Waals surface area (Å²) in [5.74, 6) is 2.70. The molecule has 0 bridgehead atoms. The lowest BCUT2D eigenvalue weighted by atomic mass is 9.95. The van der Waals surface area contributed by atoms with Gasteiger partial charge in [0.25, 0.3) is 0 Å². The minimum Gasteiger partial charge on any atom is -0.376 e. The highest BCUT2D eigenvalue weighted by molar-refractivity contribution is 5.57. The highest BCUT2D eigenvalue weighted by Gasteiger charge is 2.22. The monoisotopic (exact) mass is 292 g/mol. The van der Waals surface area contributed by atoms with Crippen LogP contribution in [0.4, 0.5) is 11.6 Å².